The van der Waals surface area contributed by atoms with E-state index in [1.54, 1.807) is 20.8 Å². The predicted octanol–water partition coefficient (Wildman–Crippen LogP) is 3.01. The van der Waals surface area contributed by atoms with Gasteiger partial charge in [-0.3, -0.25) is 10.1 Å². The summed E-state index contributed by atoms with van der Waals surface area (Å²) < 4.78 is 28.8. The molecule has 1 aromatic carbocycles. The zero-order valence-corrected chi connectivity index (χ0v) is 12.0. The van der Waals surface area contributed by atoms with Crippen molar-refractivity contribution in [2.24, 2.45) is 4.40 Å². The van der Waals surface area contributed by atoms with Crippen LogP contribution in [0.5, 0.6) is 0 Å². The van der Waals surface area contributed by atoms with Gasteiger partial charge in [0, 0.05) is 17.7 Å². The summed E-state index contributed by atoms with van der Waals surface area (Å²) >= 11 is -1.54. The lowest BCUT2D eigenvalue weighted by Gasteiger charge is -2.18. The summed E-state index contributed by atoms with van der Waals surface area (Å²) in [6, 6.07) is 3.17. The average molecular weight is 286 g/mol. The van der Waals surface area contributed by atoms with E-state index < -0.39 is 26.8 Å². The van der Waals surface area contributed by atoms with E-state index in [4.69, 9.17) is 0 Å². The molecule has 1 atom stereocenters. The van der Waals surface area contributed by atoms with E-state index >= 15 is 0 Å². The quantitative estimate of drug-likeness (QED) is 0.371. The molecule has 0 aliphatic carbocycles. The number of nitrogens with zero attached hydrogens (tertiary/aromatic N) is 2. The summed E-state index contributed by atoms with van der Waals surface area (Å²) in [6.07, 6.45) is 0. The molecule has 0 bridgehead atoms. The molecule has 104 valence electrons. The number of hydrogen-bond donors (Lipinski definition) is 0. The Labute approximate surface area is 114 Å². The molecular weight excluding hydrogens is 271 g/mol. The van der Waals surface area contributed by atoms with Crippen molar-refractivity contribution in [3.05, 3.63) is 39.7 Å². The molecule has 0 aromatic heterocycles. The van der Waals surface area contributed by atoms with E-state index in [0.717, 1.165) is 18.2 Å². The van der Waals surface area contributed by atoms with E-state index in [1.165, 1.54) is 6.92 Å². The van der Waals surface area contributed by atoms with Crippen LogP contribution in [0.15, 0.2) is 22.6 Å². The van der Waals surface area contributed by atoms with Crippen LogP contribution in [0.3, 0.4) is 0 Å². The van der Waals surface area contributed by atoms with Crippen LogP contribution in [0, 0.1) is 15.9 Å². The topological polar surface area (TPSA) is 78.6 Å². The summed E-state index contributed by atoms with van der Waals surface area (Å²) in [6.45, 7) is 6.70. The lowest BCUT2D eigenvalue weighted by Crippen LogP contribution is -2.26. The fraction of sp³-hybridized carbons (Fsp3) is 0.417. The zero-order chi connectivity index (χ0) is 14.8. The third-order valence-corrected chi connectivity index (χ3v) is 3.78. The first-order valence-electron chi connectivity index (χ1n) is 5.54. The molecule has 7 heteroatoms. The Bertz CT molecular complexity index is 526. The standard InChI is InChI=1S/C12H15FN2O3S/c1-8(14-19(18)12(2,3)4)10-7-9(15(16)17)5-6-11(10)13/h5-7H,1-4H3/b14-8-. The third-order valence-electron chi connectivity index (χ3n) is 2.29. The molecule has 0 aliphatic rings. The van der Waals surface area contributed by atoms with Gasteiger partial charge in [-0.2, -0.15) is 0 Å². The van der Waals surface area contributed by atoms with Crippen LogP contribution in [0.1, 0.15) is 33.3 Å². The molecule has 0 heterocycles. The smallest absolute Gasteiger partial charge is 0.270 e. The van der Waals surface area contributed by atoms with Gasteiger partial charge in [-0.25, -0.2) is 4.39 Å². The van der Waals surface area contributed by atoms with Crippen molar-refractivity contribution in [3.63, 3.8) is 0 Å². The summed E-state index contributed by atoms with van der Waals surface area (Å²) in [5.41, 5.74) is -0.0613. The van der Waals surface area contributed by atoms with Gasteiger partial charge in [-0.05, 0) is 33.8 Å². The molecule has 1 aromatic rings. The maximum Gasteiger partial charge on any atom is 0.270 e. The monoisotopic (exact) mass is 286 g/mol. The van der Waals surface area contributed by atoms with E-state index in [-0.39, 0.29) is 17.0 Å². The molecule has 1 rings (SSSR count). The summed E-state index contributed by atoms with van der Waals surface area (Å²) in [7, 11) is 0. The summed E-state index contributed by atoms with van der Waals surface area (Å²) in [5, 5.41) is 10.7. The van der Waals surface area contributed by atoms with E-state index in [2.05, 4.69) is 4.40 Å². The minimum atomic E-state index is -1.54. The van der Waals surface area contributed by atoms with Crippen molar-refractivity contribution >= 4 is 22.8 Å². The molecule has 0 fully saturated rings. The third kappa shape index (κ3) is 4.00. The summed E-state index contributed by atoms with van der Waals surface area (Å²) in [4.78, 5) is 10.0. The molecule has 0 amide bonds. The van der Waals surface area contributed by atoms with Gasteiger partial charge < -0.3 is 4.55 Å². The Hall–Kier alpha value is -1.47. The van der Waals surface area contributed by atoms with Crippen LogP contribution in [-0.2, 0) is 11.4 Å². The van der Waals surface area contributed by atoms with Gasteiger partial charge in [-0.15, -0.1) is 0 Å². The highest BCUT2D eigenvalue weighted by atomic mass is 32.2. The minimum Gasteiger partial charge on any atom is -0.591 e. The molecular formula is C12H15FN2O3S. The van der Waals surface area contributed by atoms with Crippen LogP contribution >= 0.6 is 0 Å². The molecule has 0 radical (unpaired) electrons. The Balaban J connectivity index is 3.19. The molecule has 0 saturated heterocycles. The van der Waals surface area contributed by atoms with Crippen molar-refractivity contribution in [2.75, 3.05) is 0 Å². The highest BCUT2D eigenvalue weighted by molar-refractivity contribution is 7.91. The first-order valence-corrected chi connectivity index (χ1v) is 6.65. The lowest BCUT2D eigenvalue weighted by atomic mass is 10.1. The number of nitro benzene ring substituents is 1. The van der Waals surface area contributed by atoms with Crippen LogP contribution in [0.4, 0.5) is 10.1 Å². The van der Waals surface area contributed by atoms with Crippen molar-refractivity contribution in [1.29, 1.82) is 0 Å². The fourth-order valence-electron chi connectivity index (χ4n) is 1.21. The summed E-state index contributed by atoms with van der Waals surface area (Å²) in [5.74, 6) is -0.627. The van der Waals surface area contributed by atoms with E-state index in [0.29, 0.717) is 0 Å². The Kier molecular flexibility index (Phi) is 4.65. The first-order chi connectivity index (χ1) is 8.62. The van der Waals surface area contributed by atoms with E-state index in [9.17, 15) is 19.1 Å². The van der Waals surface area contributed by atoms with Gasteiger partial charge in [0.15, 0.2) is 0 Å². The largest absolute Gasteiger partial charge is 0.591 e. The van der Waals surface area contributed by atoms with Crippen LogP contribution in [0.25, 0.3) is 0 Å². The highest BCUT2D eigenvalue weighted by Crippen LogP contribution is 2.21. The number of non-ortho nitro benzene ring substituents is 1. The first kappa shape index (κ1) is 15.6. The van der Waals surface area contributed by atoms with Crippen molar-refractivity contribution in [1.82, 2.24) is 0 Å². The molecule has 0 aliphatic heterocycles. The number of nitro groups is 1. The lowest BCUT2D eigenvalue weighted by molar-refractivity contribution is -0.384. The van der Waals surface area contributed by atoms with Crippen LogP contribution in [-0.4, -0.2) is 19.9 Å². The second kappa shape index (κ2) is 5.66. The highest BCUT2D eigenvalue weighted by Gasteiger charge is 2.27. The normalized spacial score (nSPS) is 14.3. The van der Waals surface area contributed by atoms with Crippen LogP contribution in [0.2, 0.25) is 0 Å². The molecule has 0 spiro atoms. The van der Waals surface area contributed by atoms with Crippen LogP contribution < -0.4 is 0 Å². The van der Waals surface area contributed by atoms with Gasteiger partial charge in [0.25, 0.3) is 5.69 Å². The molecule has 19 heavy (non-hydrogen) atoms. The van der Waals surface area contributed by atoms with Crippen molar-refractivity contribution < 1.29 is 13.9 Å². The predicted molar refractivity (Wildman–Crippen MR) is 73.2 cm³/mol. The number of hydrogen-bond acceptors (Lipinski definition) is 4. The van der Waals surface area contributed by atoms with Crippen molar-refractivity contribution in [3.8, 4) is 0 Å². The average Bonchev–Trinajstić information content (AvgIpc) is 2.27. The van der Waals surface area contributed by atoms with Gasteiger partial charge in [0.1, 0.15) is 21.9 Å². The SMILES string of the molecule is C/C(=N/[S+]([O-])C(C)(C)C)c1cc([N+](=O)[O-])ccc1F. The molecule has 0 N–H and O–H groups in total. The Morgan fingerprint density at radius 2 is 2.00 bits per heavy atom. The maximum atomic E-state index is 13.6. The van der Waals surface area contributed by atoms with Gasteiger partial charge >= 0.3 is 0 Å². The molecule has 5 nitrogen and oxygen atoms in total. The van der Waals surface area contributed by atoms with Gasteiger partial charge in [-0.1, -0.05) is 4.40 Å². The van der Waals surface area contributed by atoms with Gasteiger partial charge in [0.05, 0.1) is 10.6 Å². The molecule has 0 saturated carbocycles. The second-order valence-corrected chi connectivity index (χ2v) is 6.87. The second-order valence-electron chi connectivity index (χ2n) is 4.96. The number of rotatable bonds is 3. The maximum absolute atomic E-state index is 13.6. The van der Waals surface area contributed by atoms with Crippen molar-refractivity contribution in [2.45, 2.75) is 32.4 Å². The van der Waals surface area contributed by atoms with Gasteiger partial charge in [0.2, 0.25) is 0 Å². The van der Waals surface area contributed by atoms with E-state index in [1.807, 2.05) is 0 Å². The number of benzene rings is 1. The Morgan fingerprint density at radius 3 is 2.47 bits per heavy atom. The fourth-order valence-corrected chi connectivity index (χ4v) is 1.84. The number of halogens is 1. The molecule has 1 unspecified atom stereocenters. The Morgan fingerprint density at radius 1 is 1.42 bits per heavy atom. The zero-order valence-electron chi connectivity index (χ0n) is 11.1. The minimum absolute atomic E-state index is 0.00759.